The first-order valence-corrected chi connectivity index (χ1v) is 5.15. The van der Waals surface area contributed by atoms with E-state index in [1.54, 1.807) is 0 Å². The highest BCUT2D eigenvalue weighted by Gasteiger charge is 2.31. The first-order chi connectivity index (χ1) is 8.00. The van der Waals surface area contributed by atoms with Gasteiger partial charge in [-0.2, -0.15) is 13.2 Å². The largest absolute Gasteiger partial charge is 0.416 e. The second kappa shape index (κ2) is 4.64. The Morgan fingerprint density at radius 3 is 2.35 bits per heavy atom. The van der Waals surface area contributed by atoms with Gasteiger partial charge in [0.05, 0.1) is 18.3 Å². The van der Waals surface area contributed by atoms with E-state index in [1.807, 2.05) is 0 Å². The molecule has 2 N–H and O–H groups in total. The topological polar surface area (TPSA) is 44.5 Å². The highest BCUT2D eigenvalue weighted by atomic mass is 19.4. The van der Waals surface area contributed by atoms with Crippen molar-refractivity contribution in [3.63, 3.8) is 0 Å². The first kappa shape index (κ1) is 12.3. The van der Waals surface area contributed by atoms with Crippen LogP contribution >= 0.6 is 0 Å². The molecular formula is C11H12F3NO2. The van der Waals surface area contributed by atoms with Crippen LogP contribution in [-0.2, 0) is 15.7 Å². The maximum Gasteiger partial charge on any atom is 0.416 e. The summed E-state index contributed by atoms with van der Waals surface area (Å²) < 4.78 is 47.7. The lowest BCUT2D eigenvalue weighted by Gasteiger charge is -2.12. The smallest absolute Gasteiger partial charge is 0.346 e. The van der Waals surface area contributed by atoms with E-state index in [1.165, 1.54) is 12.1 Å². The van der Waals surface area contributed by atoms with Gasteiger partial charge in [-0.1, -0.05) is 12.1 Å². The quantitative estimate of drug-likeness (QED) is 0.870. The molecular weight excluding hydrogens is 235 g/mol. The van der Waals surface area contributed by atoms with Gasteiger partial charge < -0.3 is 15.2 Å². The van der Waals surface area contributed by atoms with Gasteiger partial charge in [-0.3, -0.25) is 0 Å². The van der Waals surface area contributed by atoms with Crippen molar-refractivity contribution in [2.24, 2.45) is 5.73 Å². The SMILES string of the molecule is NCC1COC(c2ccc(C(F)(F)F)cc2)O1. The Kier molecular flexibility index (Phi) is 3.37. The molecule has 2 atom stereocenters. The summed E-state index contributed by atoms with van der Waals surface area (Å²) in [6, 6.07) is 4.73. The molecule has 2 unspecified atom stereocenters. The van der Waals surface area contributed by atoms with Crippen LogP contribution in [0.15, 0.2) is 24.3 Å². The van der Waals surface area contributed by atoms with Crippen molar-refractivity contribution in [1.82, 2.24) is 0 Å². The minimum absolute atomic E-state index is 0.192. The Labute approximate surface area is 96.3 Å². The Morgan fingerprint density at radius 2 is 1.88 bits per heavy atom. The molecule has 1 aliphatic heterocycles. The Hall–Kier alpha value is -1.11. The molecule has 1 aromatic rings. The molecule has 3 nitrogen and oxygen atoms in total. The van der Waals surface area contributed by atoms with E-state index in [9.17, 15) is 13.2 Å². The van der Waals surface area contributed by atoms with E-state index < -0.39 is 18.0 Å². The molecule has 0 amide bonds. The van der Waals surface area contributed by atoms with Gasteiger partial charge in [0.2, 0.25) is 0 Å². The van der Waals surface area contributed by atoms with E-state index >= 15 is 0 Å². The summed E-state index contributed by atoms with van der Waals surface area (Å²) in [6.07, 6.45) is -5.14. The van der Waals surface area contributed by atoms with Crippen LogP contribution in [-0.4, -0.2) is 19.3 Å². The zero-order valence-corrected chi connectivity index (χ0v) is 8.91. The molecule has 0 aliphatic carbocycles. The van der Waals surface area contributed by atoms with Crippen molar-refractivity contribution >= 4 is 0 Å². The zero-order valence-electron chi connectivity index (χ0n) is 8.91. The minimum atomic E-state index is -4.32. The molecule has 94 valence electrons. The number of hydrogen-bond acceptors (Lipinski definition) is 3. The molecule has 0 bridgehead atoms. The lowest BCUT2D eigenvalue weighted by atomic mass is 10.1. The number of halogens is 3. The van der Waals surface area contributed by atoms with Crippen molar-refractivity contribution in [2.45, 2.75) is 18.6 Å². The van der Waals surface area contributed by atoms with Crippen LogP contribution in [0.1, 0.15) is 17.4 Å². The van der Waals surface area contributed by atoms with E-state index in [-0.39, 0.29) is 6.10 Å². The molecule has 0 radical (unpaired) electrons. The summed E-state index contributed by atoms with van der Waals surface area (Å²) in [7, 11) is 0. The second-order valence-electron chi connectivity index (χ2n) is 3.78. The Morgan fingerprint density at radius 1 is 1.24 bits per heavy atom. The number of rotatable bonds is 2. The third-order valence-electron chi connectivity index (χ3n) is 2.52. The summed E-state index contributed by atoms with van der Waals surface area (Å²) in [5.41, 5.74) is 5.28. The van der Waals surface area contributed by atoms with Crippen LogP contribution < -0.4 is 5.73 Å². The van der Waals surface area contributed by atoms with E-state index in [0.717, 1.165) is 12.1 Å². The molecule has 1 fully saturated rings. The summed E-state index contributed by atoms with van der Waals surface area (Å²) >= 11 is 0. The zero-order chi connectivity index (χ0) is 12.5. The fourth-order valence-corrected chi connectivity index (χ4v) is 1.58. The second-order valence-corrected chi connectivity index (χ2v) is 3.78. The van der Waals surface area contributed by atoms with E-state index in [0.29, 0.717) is 18.7 Å². The number of ether oxygens (including phenoxy) is 2. The van der Waals surface area contributed by atoms with Crippen LogP contribution in [0.3, 0.4) is 0 Å². The Balaban J connectivity index is 2.09. The van der Waals surface area contributed by atoms with Gasteiger partial charge in [0.15, 0.2) is 6.29 Å². The third kappa shape index (κ3) is 2.77. The van der Waals surface area contributed by atoms with Crippen LogP contribution in [0.4, 0.5) is 13.2 Å². The fraction of sp³-hybridized carbons (Fsp3) is 0.455. The summed E-state index contributed by atoms with van der Waals surface area (Å²) in [5, 5.41) is 0. The summed E-state index contributed by atoms with van der Waals surface area (Å²) in [4.78, 5) is 0. The van der Waals surface area contributed by atoms with Gasteiger partial charge in [-0.15, -0.1) is 0 Å². The van der Waals surface area contributed by atoms with Gasteiger partial charge in [-0.25, -0.2) is 0 Å². The van der Waals surface area contributed by atoms with Gasteiger partial charge in [0.1, 0.15) is 0 Å². The number of nitrogens with two attached hydrogens (primary N) is 1. The van der Waals surface area contributed by atoms with Crippen LogP contribution in [0.5, 0.6) is 0 Å². The molecule has 17 heavy (non-hydrogen) atoms. The van der Waals surface area contributed by atoms with Crippen molar-refractivity contribution in [3.8, 4) is 0 Å². The maximum absolute atomic E-state index is 12.3. The number of hydrogen-bond donors (Lipinski definition) is 1. The lowest BCUT2D eigenvalue weighted by Crippen LogP contribution is -2.21. The molecule has 1 heterocycles. The fourth-order valence-electron chi connectivity index (χ4n) is 1.58. The van der Waals surface area contributed by atoms with Crippen molar-refractivity contribution in [3.05, 3.63) is 35.4 Å². The summed E-state index contributed by atoms with van der Waals surface area (Å²) in [6.45, 7) is 0.694. The van der Waals surface area contributed by atoms with Gasteiger partial charge in [0.25, 0.3) is 0 Å². The summed E-state index contributed by atoms with van der Waals surface area (Å²) in [5.74, 6) is 0. The Bertz CT molecular complexity index is 377. The van der Waals surface area contributed by atoms with Crippen LogP contribution in [0.25, 0.3) is 0 Å². The normalized spacial score (nSPS) is 25.2. The molecule has 0 saturated carbocycles. The highest BCUT2D eigenvalue weighted by Crippen LogP contribution is 2.32. The maximum atomic E-state index is 12.3. The van der Waals surface area contributed by atoms with Gasteiger partial charge >= 0.3 is 6.18 Å². The molecule has 1 aromatic carbocycles. The average Bonchev–Trinajstić information content (AvgIpc) is 2.76. The average molecular weight is 247 g/mol. The number of alkyl halides is 3. The molecule has 2 rings (SSSR count). The van der Waals surface area contributed by atoms with Crippen LogP contribution in [0.2, 0.25) is 0 Å². The molecule has 1 saturated heterocycles. The third-order valence-corrected chi connectivity index (χ3v) is 2.52. The predicted molar refractivity (Wildman–Crippen MR) is 54.1 cm³/mol. The number of benzene rings is 1. The first-order valence-electron chi connectivity index (χ1n) is 5.15. The van der Waals surface area contributed by atoms with E-state index in [4.69, 9.17) is 15.2 Å². The molecule has 0 aromatic heterocycles. The van der Waals surface area contributed by atoms with Gasteiger partial charge in [-0.05, 0) is 12.1 Å². The van der Waals surface area contributed by atoms with Crippen LogP contribution in [0, 0.1) is 0 Å². The van der Waals surface area contributed by atoms with Crippen molar-refractivity contribution < 1.29 is 22.6 Å². The molecule has 0 spiro atoms. The highest BCUT2D eigenvalue weighted by molar-refractivity contribution is 5.25. The van der Waals surface area contributed by atoms with Crippen molar-refractivity contribution in [2.75, 3.05) is 13.2 Å². The molecule has 6 heteroatoms. The van der Waals surface area contributed by atoms with Crippen molar-refractivity contribution in [1.29, 1.82) is 0 Å². The lowest BCUT2D eigenvalue weighted by molar-refractivity contribution is -0.137. The molecule has 1 aliphatic rings. The predicted octanol–water partition coefficient (Wildman–Crippen LogP) is 2.08. The van der Waals surface area contributed by atoms with E-state index in [2.05, 4.69) is 0 Å². The van der Waals surface area contributed by atoms with Gasteiger partial charge in [0, 0.05) is 12.1 Å². The monoisotopic (exact) mass is 247 g/mol. The minimum Gasteiger partial charge on any atom is -0.346 e. The standard InChI is InChI=1S/C11H12F3NO2/c12-11(13,14)8-3-1-7(2-4-8)10-16-6-9(5-15)17-10/h1-4,9-10H,5-6,15H2.